The number of primary sulfonamides is 1. The van der Waals surface area contributed by atoms with Crippen LogP contribution in [0.5, 0.6) is 0 Å². The minimum Gasteiger partial charge on any atom is -0.382 e. The van der Waals surface area contributed by atoms with E-state index in [4.69, 9.17) is 16.7 Å². The number of benzene rings is 2. The second kappa shape index (κ2) is 13.1. The Morgan fingerprint density at radius 2 is 1.61 bits per heavy atom. The SMILES string of the molecule is CC.CNC.N/N=C(\N)c1c(-c2ccc(CN3CCCC3)cc2)cccc1S(N)(=O)=O. The first-order valence-electron chi connectivity index (χ1n) is 10.4. The first kappa shape index (κ1) is 26.6. The van der Waals surface area contributed by atoms with Crippen molar-refractivity contribution in [3.63, 3.8) is 0 Å². The van der Waals surface area contributed by atoms with Crippen LogP contribution in [0.4, 0.5) is 0 Å². The summed E-state index contributed by atoms with van der Waals surface area (Å²) in [6, 6.07) is 12.8. The molecule has 0 aromatic heterocycles. The predicted octanol–water partition coefficient (Wildman–Crippen LogP) is 2.04. The van der Waals surface area contributed by atoms with Crippen LogP contribution in [0.1, 0.15) is 37.8 Å². The molecule has 0 bridgehead atoms. The van der Waals surface area contributed by atoms with E-state index in [0.717, 1.165) is 25.2 Å². The fraction of sp³-hybridized carbons (Fsp3) is 0.409. The van der Waals surface area contributed by atoms with Crippen LogP contribution in [0.3, 0.4) is 0 Å². The Hall–Kier alpha value is -2.46. The first-order valence-corrected chi connectivity index (χ1v) is 12.0. The lowest BCUT2D eigenvalue weighted by Crippen LogP contribution is -2.23. The van der Waals surface area contributed by atoms with E-state index in [1.54, 1.807) is 12.1 Å². The lowest BCUT2D eigenvalue weighted by molar-refractivity contribution is 0.331. The quantitative estimate of drug-likeness (QED) is 0.239. The molecule has 1 aliphatic rings. The third-order valence-corrected chi connectivity index (χ3v) is 5.55. The summed E-state index contributed by atoms with van der Waals surface area (Å²) >= 11 is 0. The van der Waals surface area contributed by atoms with Gasteiger partial charge in [-0.25, -0.2) is 13.6 Å². The van der Waals surface area contributed by atoms with Gasteiger partial charge in [-0.05, 0) is 62.8 Å². The number of hydrazone groups is 1. The molecule has 9 heteroatoms. The minimum atomic E-state index is -3.97. The van der Waals surface area contributed by atoms with Gasteiger partial charge in [0, 0.05) is 12.1 Å². The van der Waals surface area contributed by atoms with Crippen molar-refractivity contribution in [2.24, 2.45) is 21.8 Å². The number of hydrogen-bond donors (Lipinski definition) is 4. The molecular formula is C22H36N6O2S. The number of nitrogens with one attached hydrogen (secondary N) is 1. The molecule has 0 radical (unpaired) electrons. The van der Waals surface area contributed by atoms with Gasteiger partial charge in [-0.3, -0.25) is 4.90 Å². The van der Waals surface area contributed by atoms with Crippen molar-refractivity contribution >= 4 is 15.9 Å². The molecule has 7 N–H and O–H groups in total. The standard InChI is InChI=1S/C18H23N5O2S.C2H7N.C2H6/c19-18(22-20)17-15(4-3-5-16(17)26(21,24)25)14-8-6-13(7-9-14)12-23-10-1-2-11-23;1-3-2;1-2/h3-9H,1-2,10-12,20H2,(H2,19,22)(H2,21,24,25);3H,1-2H3;1-2H3. The summed E-state index contributed by atoms with van der Waals surface area (Å²) in [5, 5.41) is 11.6. The highest BCUT2D eigenvalue weighted by Gasteiger charge is 2.21. The largest absolute Gasteiger partial charge is 0.382 e. The van der Waals surface area contributed by atoms with Gasteiger partial charge >= 0.3 is 0 Å². The molecule has 1 saturated heterocycles. The van der Waals surface area contributed by atoms with Crippen LogP contribution in [0, 0.1) is 0 Å². The zero-order valence-electron chi connectivity index (χ0n) is 18.9. The van der Waals surface area contributed by atoms with E-state index in [1.165, 1.54) is 24.5 Å². The number of rotatable bonds is 5. The number of hydrogen-bond acceptors (Lipinski definition) is 6. The van der Waals surface area contributed by atoms with Gasteiger partial charge in [-0.2, -0.15) is 5.10 Å². The number of likely N-dealkylation sites (tertiary alicyclic amines) is 1. The number of nitrogens with two attached hydrogens (primary N) is 3. The van der Waals surface area contributed by atoms with E-state index >= 15 is 0 Å². The summed E-state index contributed by atoms with van der Waals surface area (Å²) in [6.07, 6.45) is 2.50. The molecule has 0 saturated carbocycles. The Kier molecular flexibility index (Phi) is 11.2. The Morgan fingerprint density at radius 3 is 2.10 bits per heavy atom. The Bertz CT molecular complexity index is 937. The fourth-order valence-corrected chi connectivity index (χ4v) is 4.09. The van der Waals surface area contributed by atoms with Crippen molar-refractivity contribution in [2.45, 2.75) is 38.1 Å². The first-order chi connectivity index (χ1) is 14.8. The van der Waals surface area contributed by atoms with E-state index in [2.05, 4.69) is 15.3 Å². The maximum Gasteiger partial charge on any atom is 0.238 e. The molecule has 0 aliphatic carbocycles. The van der Waals surface area contributed by atoms with Crippen LogP contribution >= 0.6 is 0 Å². The van der Waals surface area contributed by atoms with Crippen molar-refractivity contribution in [1.29, 1.82) is 0 Å². The summed E-state index contributed by atoms with van der Waals surface area (Å²) < 4.78 is 23.9. The summed E-state index contributed by atoms with van der Waals surface area (Å²) in [4.78, 5) is 2.32. The number of sulfonamides is 1. The van der Waals surface area contributed by atoms with Crippen molar-refractivity contribution in [2.75, 3.05) is 27.2 Å². The molecule has 0 spiro atoms. The Labute approximate surface area is 186 Å². The molecule has 0 unspecified atom stereocenters. The second-order valence-corrected chi connectivity index (χ2v) is 8.45. The van der Waals surface area contributed by atoms with E-state index in [-0.39, 0.29) is 16.3 Å². The van der Waals surface area contributed by atoms with Gasteiger partial charge in [-0.1, -0.05) is 50.2 Å². The van der Waals surface area contributed by atoms with Crippen molar-refractivity contribution in [1.82, 2.24) is 10.2 Å². The van der Waals surface area contributed by atoms with Crippen LogP contribution in [-0.4, -0.2) is 46.3 Å². The molecule has 3 rings (SSSR count). The topological polar surface area (TPSA) is 140 Å². The van der Waals surface area contributed by atoms with Gasteiger partial charge in [0.15, 0.2) is 5.84 Å². The zero-order valence-corrected chi connectivity index (χ0v) is 19.7. The van der Waals surface area contributed by atoms with Gasteiger partial charge in [0.1, 0.15) is 0 Å². The van der Waals surface area contributed by atoms with Gasteiger partial charge in [0.05, 0.1) is 4.90 Å². The highest BCUT2D eigenvalue weighted by Crippen LogP contribution is 2.29. The van der Waals surface area contributed by atoms with Crippen molar-refractivity contribution in [3.8, 4) is 11.1 Å². The fourth-order valence-electron chi connectivity index (χ4n) is 3.33. The van der Waals surface area contributed by atoms with Crippen LogP contribution in [0.2, 0.25) is 0 Å². The van der Waals surface area contributed by atoms with Crippen LogP contribution < -0.4 is 22.0 Å². The molecule has 1 fully saturated rings. The monoisotopic (exact) mass is 448 g/mol. The molecule has 31 heavy (non-hydrogen) atoms. The Balaban J connectivity index is 0.000000884. The molecule has 1 heterocycles. The second-order valence-electron chi connectivity index (χ2n) is 6.92. The zero-order chi connectivity index (χ0) is 23.4. The highest BCUT2D eigenvalue weighted by atomic mass is 32.2. The molecule has 2 aromatic rings. The highest BCUT2D eigenvalue weighted by molar-refractivity contribution is 7.89. The lowest BCUT2D eigenvalue weighted by Gasteiger charge is -2.16. The maximum absolute atomic E-state index is 11.9. The van der Waals surface area contributed by atoms with E-state index in [0.29, 0.717) is 5.56 Å². The summed E-state index contributed by atoms with van der Waals surface area (Å²) in [5.74, 6) is 5.22. The molecule has 1 aliphatic heterocycles. The summed E-state index contributed by atoms with van der Waals surface area (Å²) in [6.45, 7) is 7.17. The summed E-state index contributed by atoms with van der Waals surface area (Å²) in [7, 11) is -0.216. The molecule has 8 nitrogen and oxygen atoms in total. The molecule has 172 valence electrons. The summed E-state index contributed by atoms with van der Waals surface area (Å²) in [5.41, 5.74) is 8.75. The van der Waals surface area contributed by atoms with Gasteiger partial charge in [0.2, 0.25) is 10.0 Å². The van der Waals surface area contributed by atoms with Crippen molar-refractivity contribution < 1.29 is 8.42 Å². The smallest absolute Gasteiger partial charge is 0.238 e. The van der Waals surface area contributed by atoms with Crippen molar-refractivity contribution in [3.05, 3.63) is 53.6 Å². The number of amidine groups is 1. The maximum atomic E-state index is 11.9. The minimum absolute atomic E-state index is 0.0780. The predicted molar refractivity (Wildman–Crippen MR) is 129 cm³/mol. The van der Waals surface area contributed by atoms with Gasteiger partial charge < -0.3 is 16.9 Å². The third kappa shape index (κ3) is 7.62. The van der Waals surface area contributed by atoms with Gasteiger partial charge in [0.25, 0.3) is 0 Å². The normalized spacial score (nSPS) is 14.3. The van der Waals surface area contributed by atoms with E-state index in [9.17, 15) is 8.42 Å². The molecule has 2 aromatic carbocycles. The van der Waals surface area contributed by atoms with Crippen LogP contribution in [0.25, 0.3) is 11.1 Å². The average Bonchev–Trinajstić information content (AvgIpc) is 3.27. The lowest BCUT2D eigenvalue weighted by atomic mass is 9.98. The number of nitrogens with zero attached hydrogens (tertiary/aromatic N) is 2. The van der Waals surface area contributed by atoms with E-state index in [1.807, 2.05) is 52.2 Å². The molecule has 0 atom stereocenters. The van der Waals surface area contributed by atoms with Crippen LogP contribution in [0.15, 0.2) is 52.5 Å². The average molecular weight is 449 g/mol. The van der Waals surface area contributed by atoms with E-state index < -0.39 is 10.0 Å². The Morgan fingerprint density at radius 1 is 1.06 bits per heavy atom. The molecule has 0 amide bonds. The molecular weight excluding hydrogens is 412 g/mol. The van der Waals surface area contributed by atoms with Gasteiger partial charge in [-0.15, -0.1) is 0 Å². The third-order valence-electron chi connectivity index (χ3n) is 4.60. The van der Waals surface area contributed by atoms with Crippen LogP contribution in [-0.2, 0) is 16.6 Å².